The van der Waals surface area contributed by atoms with Gasteiger partial charge in [0, 0.05) is 13.0 Å². The topological polar surface area (TPSA) is 56.7 Å². The second-order valence-corrected chi connectivity index (χ2v) is 3.39. The standard InChI is InChI=1S/C9H10N4/c10-6-4-7-9(11-5-6)13-3-1-2-8(13)12-7/h4-5H,1-3,10H2. The maximum Gasteiger partial charge on any atom is 0.160 e. The first-order valence-electron chi connectivity index (χ1n) is 4.45. The Morgan fingerprint density at radius 1 is 1.46 bits per heavy atom. The van der Waals surface area contributed by atoms with Crippen LogP contribution in [0.4, 0.5) is 5.69 Å². The molecule has 4 heteroatoms. The molecule has 0 saturated carbocycles. The van der Waals surface area contributed by atoms with E-state index in [4.69, 9.17) is 5.73 Å². The first kappa shape index (κ1) is 6.88. The van der Waals surface area contributed by atoms with E-state index in [0.29, 0.717) is 5.69 Å². The van der Waals surface area contributed by atoms with Gasteiger partial charge in [-0.25, -0.2) is 9.97 Å². The third-order valence-corrected chi connectivity index (χ3v) is 2.47. The molecule has 0 radical (unpaired) electrons. The Bertz CT molecular complexity index is 472. The molecule has 0 atom stereocenters. The lowest BCUT2D eigenvalue weighted by Gasteiger charge is -1.96. The van der Waals surface area contributed by atoms with Crippen LogP contribution >= 0.6 is 0 Å². The molecule has 0 saturated heterocycles. The van der Waals surface area contributed by atoms with Crippen LogP contribution in [-0.2, 0) is 13.0 Å². The number of nitrogens with two attached hydrogens (primary N) is 1. The number of pyridine rings is 1. The van der Waals surface area contributed by atoms with Gasteiger partial charge in [0.25, 0.3) is 0 Å². The van der Waals surface area contributed by atoms with E-state index in [2.05, 4.69) is 14.5 Å². The van der Waals surface area contributed by atoms with Gasteiger partial charge in [0.2, 0.25) is 0 Å². The average Bonchev–Trinajstić information content (AvgIpc) is 2.62. The van der Waals surface area contributed by atoms with Crippen molar-refractivity contribution in [3.05, 3.63) is 18.1 Å². The fourth-order valence-corrected chi connectivity index (χ4v) is 1.89. The summed E-state index contributed by atoms with van der Waals surface area (Å²) in [7, 11) is 0. The Morgan fingerprint density at radius 2 is 2.38 bits per heavy atom. The second-order valence-electron chi connectivity index (χ2n) is 3.39. The molecule has 0 bridgehead atoms. The van der Waals surface area contributed by atoms with Gasteiger partial charge in [-0.2, -0.15) is 0 Å². The summed E-state index contributed by atoms with van der Waals surface area (Å²) in [6.45, 7) is 1.04. The molecule has 4 nitrogen and oxygen atoms in total. The van der Waals surface area contributed by atoms with Crippen LogP contribution in [-0.4, -0.2) is 14.5 Å². The molecule has 2 aromatic heterocycles. The van der Waals surface area contributed by atoms with Gasteiger partial charge in [0.15, 0.2) is 5.65 Å². The summed E-state index contributed by atoms with van der Waals surface area (Å²) >= 11 is 0. The number of rotatable bonds is 0. The van der Waals surface area contributed by atoms with Crippen molar-refractivity contribution in [2.75, 3.05) is 5.73 Å². The summed E-state index contributed by atoms with van der Waals surface area (Å²) in [4.78, 5) is 8.76. The SMILES string of the molecule is Nc1cnc2c(c1)nc1n2CCC1. The molecule has 0 amide bonds. The van der Waals surface area contributed by atoms with Crippen molar-refractivity contribution in [3.63, 3.8) is 0 Å². The van der Waals surface area contributed by atoms with Crippen LogP contribution in [0.3, 0.4) is 0 Å². The summed E-state index contributed by atoms with van der Waals surface area (Å²) < 4.78 is 2.18. The van der Waals surface area contributed by atoms with Crippen LogP contribution in [0, 0.1) is 0 Å². The zero-order valence-corrected chi connectivity index (χ0v) is 7.20. The molecule has 0 aliphatic carbocycles. The summed E-state index contributed by atoms with van der Waals surface area (Å²) in [5, 5.41) is 0. The minimum atomic E-state index is 0.685. The van der Waals surface area contributed by atoms with E-state index in [9.17, 15) is 0 Å². The largest absolute Gasteiger partial charge is 0.397 e. The van der Waals surface area contributed by atoms with Crippen molar-refractivity contribution < 1.29 is 0 Å². The molecule has 2 aromatic rings. The predicted molar refractivity (Wildman–Crippen MR) is 50.3 cm³/mol. The molecule has 3 rings (SSSR count). The molecular weight excluding hydrogens is 164 g/mol. The van der Waals surface area contributed by atoms with Crippen LogP contribution in [0.25, 0.3) is 11.2 Å². The fourth-order valence-electron chi connectivity index (χ4n) is 1.89. The number of nitrogens with zero attached hydrogens (tertiary/aromatic N) is 3. The van der Waals surface area contributed by atoms with Crippen molar-refractivity contribution in [2.45, 2.75) is 19.4 Å². The van der Waals surface area contributed by atoms with Crippen molar-refractivity contribution in [3.8, 4) is 0 Å². The van der Waals surface area contributed by atoms with Crippen molar-refractivity contribution in [1.82, 2.24) is 14.5 Å². The molecule has 0 unspecified atom stereocenters. The van der Waals surface area contributed by atoms with Gasteiger partial charge in [-0.3, -0.25) is 0 Å². The van der Waals surface area contributed by atoms with Crippen LogP contribution < -0.4 is 5.73 Å². The smallest absolute Gasteiger partial charge is 0.160 e. The predicted octanol–water partition coefficient (Wildman–Crippen LogP) is 0.960. The third kappa shape index (κ3) is 0.854. The summed E-state index contributed by atoms with van der Waals surface area (Å²) in [6.07, 6.45) is 3.94. The van der Waals surface area contributed by atoms with Gasteiger partial charge >= 0.3 is 0 Å². The Hall–Kier alpha value is -1.58. The first-order chi connectivity index (χ1) is 6.34. The molecule has 13 heavy (non-hydrogen) atoms. The summed E-state index contributed by atoms with van der Waals surface area (Å²) in [5.41, 5.74) is 8.21. The number of hydrogen-bond donors (Lipinski definition) is 1. The number of fused-ring (bicyclic) bond motifs is 3. The highest BCUT2D eigenvalue weighted by Gasteiger charge is 2.16. The molecular formula is C9H10N4. The Morgan fingerprint density at radius 3 is 3.31 bits per heavy atom. The molecule has 1 aliphatic heterocycles. The highest BCUT2D eigenvalue weighted by atomic mass is 15.1. The van der Waals surface area contributed by atoms with Crippen LogP contribution in [0.15, 0.2) is 12.3 Å². The van der Waals surface area contributed by atoms with E-state index < -0.39 is 0 Å². The van der Waals surface area contributed by atoms with Crippen molar-refractivity contribution in [2.24, 2.45) is 0 Å². The molecule has 3 heterocycles. The van der Waals surface area contributed by atoms with Gasteiger partial charge < -0.3 is 10.3 Å². The van der Waals surface area contributed by atoms with E-state index in [-0.39, 0.29) is 0 Å². The van der Waals surface area contributed by atoms with Crippen molar-refractivity contribution >= 4 is 16.9 Å². The minimum absolute atomic E-state index is 0.685. The van der Waals surface area contributed by atoms with Crippen LogP contribution in [0.5, 0.6) is 0 Å². The lowest BCUT2D eigenvalue weighted by molar-refractivity contribution is 0.764. The number of aromatic nitrogens is 3. The summed E-state index contributed by atoms with van der Waals surface area (Å²) in [5.74, 6) is 1.15. The monoisotopic (exact) mass is 174 g/mol. The second kappa shape index (κ2) is 2.22. The number of nitrogen functional groups attached to an aromatic ring is 1. The normalized spacial score (nSPS) is 15.1. The molecule has 0 fully saturated rings. The maximum absolute atomic E-state index is 5.63. The van der Waals surface area contributed by atoms with Gasteiger partial charge in [-0.05, 0) is 12.5 Å². The van der Waals surface area contributed by atoms with Crippen LogP contribution in [0.2, 0.25) is 0 Å². The molecule has 2 N–H and O–H groups in total. The molecule has 0 aromatic carbocycles. The number of aryl methyl sites for hydroxylation is 2. The number of imidazole rings is 1. The quantitative estimate of drug-likeness (QED) is 0.647. The number of hydrogen-bond acceptors (Lipinski definition) is 3. The minimum Gasteiger partial charge on any atom is -0.397 e. The highest BCUT2D eigenvalue weighted by Crippen LogP contribution is 2.21. The third-order valence-electron chi connectivity index (χ3n) is 2.47. The van der Waals surface area contributed by atoms with E-state index in [0.717, 1.165) is 30.0 Å². The Balaban J connectivity index is 2.38. The lowest BCUT2D eigenvalue weighted by atomic mass is 10.3. The maximum atomic E-state index is 5.63. The van der Waals surface area contributed by atoms with E-state index in [1.165, 1.54) is 6.42 Å². The molecule has 1 aliphatic rings. The lowest BCUT2D eigenvalue weighted by Crippen LogP contribution is -1.94. The highest BCUT2D eigenvalue weighted by molar-refractivity contribution is 5.75. The van der Waals surface area contributed by atoms with Crippen molar-refractivity contribution in [1.29, 1.82) is 0 Å². The zero-order valence-electron chi connectivity index (χ0n) is 7.20. The van der Waals surface area contributed by atoms with E-state index in [1.807, 2.05) is 6.07 Å². The molecule has 0 spiro atoms. The van der Waals surface area contributed by atoms with Gasteiger partial charge in [-0.1, -0.05) is 0 Å². The first-order valence-corrected chi connectivity index (χ1v) is 4.45. The fraction of sp³-hybridized carbons (Fsp3) is 0.333. The Kier molecular flexibility index (Phi) is 1.17. The molecule has 66 valence electrons. The average molecular weight is 174 g/mol. The summed E-state index contributed by atoms with van der Waals surface area (Å²) in [6, 6.07) is 1.88. The van der Waals surface area contributed by atoms with E-state index in [1.54, 1.807) is 6.20 Å². The van der Waals surface area contributed by atoms with Crippen LogP contribution in [0.1, 0.15) is 12.2 Å². The van der Waals surface area contributed by atoms with E-state index >= 15 is 0 Å². The van der Waals surface area contributed by atoms with Gasteiger partial charge in [0.05, 0.1) is 11.9 Å². The number of anilines is 1. The van der Waals surface area contributed by atoms with Gasteiger partial charge in [0.1, 0.15) is 11.3 Å². The van der Waals surface area contributed by atoms with Gasteiger partial charge in [-0.15, -0.1) is 0 Å². The Labute approximate surface area is 75.4 Å². The zero-order chi connectivity index (χ0) is 8.84.